The van der Waals surface area contributed by atoms with Gasteiger partial charge >= 0.3 is 0 Å². The molecule has 0 spiro atoms. The summed E-state index contributed by atoms with van der Waals surface area (Å²) in [6.07, 6.45) is 1.87. The third kappa shape index (κ3) is 2.52. The van der Waals surface area contributed by atoms with Gasteiger partial charge in [-0.15, -0.1) is 0 Å². The van der Waals surface area contributed by atoms with E-state index in [4.69, 9.17) is 5.73 Å². The molecule has 0 saturated carbocycles. The molecule has 0 fully saturated rings. The highest BCUT2D eigenvalue weighted by molar-refractivity contribution is 5.21. The molecule has 0 aromatic carbocycles. The monoisotopic (exact) mass is 178 g/mol. The molecule has 1 heterocycles. The summed E-state index contributed by atoms with van der Waals surface area (Å²) in [6, 6.07) is 4.11. The lowest BCUT2D eigenvalue weighted by Crippen LogP contribution is -2.28. The summed E-state index contributed by atoms with van der Waals surface area (Å²) < 4.78 is 0. The maximum Gasteiger partial charge on any atom is 0.0429 e. The van der Waals surface area contributed by atoms with Gasteiger partial charge in [0.2, 0.25) is 0 Å². The Morgan fingerprint density at radius 3 is 2.23 bits per heavy atom. The number of pyridine rings is 1. The van der Waals surface area contributed by atoms with E-state index in [1.807, 2.05) is 20.0 Å². The Labute approximate surface area is 80.2 Å². The van der Waals surface area contributed by atoms with Gasteiger partial charge in [-0.3, -0.25) is 4.98 Å². The second kappa shape index (κ2) is 3.46. The Morgan fingerprint density at radius 2 is 1.92 bits per heavy atom. The summed E-state index contributed by atoms with van der Waals surface area (Å²) in [7, 11) is 0. The van der Waals surface area contributed by atoms with Crippen molar-refractivity contribution < 1.29 is 0 Å². The van der Waals surface area contributed by atoms with Crippen molar-refractivity contribution in [3.05, 3.63) is 29.6 Å². The molecule has 0 saturated heterocycles. The summed E-state index contributed by atoms with van der Waals surface area (Å²) >= 11 is 0. The van der Waals surface area contributed by atoms with Crippen molar-refractivity contribution in [3.63, 3.8) is 0 Å². The fourth-order valence-electron chi connectivity index (χ4n) is 1.13. The largest absolute Gasteiger partial charge is 0.322 e. The minimum absolute atomic E-state index is 0.289. The average Bonchev–Trinajstić information content (AvgIpc) is 2.03. The van der Waals surface area contributed by atoms with Gasteiger partial charge < -0.3 is 5.73 Å². The van der Waals surface area contributed by atoms with Crippen LogP contribution in [0, 0.1) is 0 Å². The van der Waals surface area contributed by atoms with Crippen molar-refractivity contribution in [1.29, 1.82) is 0 Å². The normalized spacial score (nSPS) is 12.2. The van der Waals surface area contributed by atoms with E-state index in [2.05, 4.69) is 31.0 Å². The highest BCUT2D eigenvalue weighted by Gasteiger charge is 2.14. The Kier molecular flexibility index (Phi) is 2.71. The molecule has 0 bridgehead atoms. The lowest BCUT2D eigenvalue weighted by atomic mass is 9.96. The lowest BCUT2D eigenvalue weighted by Gasteiger charge is -2.19. The van der Waals surface area contributed by atoms with Crippen LogP contribution in [-0.2, 0) is 5.54 Å². The zero-order chi connectivity index (χ0) is 10.1. The third-order valence-electron chi connectivity index (χ3n) is 2.12. The molecule has 0 amide bonds. The highest BCUT2D eigenvalue weighted by atomic mass is 14.7. The standard InChI is InChI=1S/C11H18N2/c1-8(2)10-6-5-9(7-13-10)11(3,4)12/h5-8H,12H2,1-4H3. The fraction of sp³-hybridized carbons (Fsp3) is 0.545. The smallest absolute Gasteiger partial charge is 0.0429 e. The van der Waals surface area contributed by atoms with Crippen LogP contribution in [-0.4, -0.2) is 4.98 Å². The van der Waals surface area contributed by atoms with Crippen molar-refractivity contribution in [2.24, 2.45) is 5.73 Å². The van der Waals surface area contributed by atoms with Crippen LogP contribution in [0.25, 0.3) is 0 Å². The Balaban J connectivity index is 2.94. The second-order valence-corrected chi connectivity index (χ2v) is 4.35. The van der Waals surface area contributed by atoms with Gasteiger partial charge in [0.15, 0.2) is 0 Å². The van der Waals surface area contributed by atoms with Crippen LogP contribution in [0.2, 0.25) is 0 Å². The predicted octanol–water partition coefficient (Wildman–Crippen LogP) is 2.40. The van der Waals surface area contributed by atoms with Crippen LogP contribution in [0.1, 0.15) is 44.9 Å². The van der Waals surface area contributed by atoms with Crippen LogP contribution in [0.4, 0.5) is 0 Å². The molecule has 2 heteroatoms. The summed E-state index contributed by atoms with van der Waals surface area (Å²) in [5, 5.41) is 0. The molecule has 0 unspecified atom stereocenters. The SMILES string of the molecule is CC(C)c1ccc(C(C)(C)N)cn1. The molecular formula is C11H18N2. The van der Waals surface area contributed by atoms with Crippen LogP contribution < -0.4 is 5.73 Å². The Hall–Kier alpha value is -0.890. The molecule has 1 aromatic heterocycles. The van der Waals surface area contributed by atoms with E-state index in [0.717, 1.165) is 11.3 Å². The van der Waals surface area contributed by atoms with E-state index < -0.39 is 0 Å². The molecule has 2 N–H and O–H groups in total. The van der Waals surface area contributed by atoms with Gasteiger partial charge in [0, 0.05) is 17.4 Å². The first-order valence-corrected chi connectivity index (χ1v) is 4.66. The predicted molar refractivity (Wildman–Crippen MR) is 55.5 cm³/mol. The Morgan fingerprint density at radius 1 is 1.31 bits per heavy atom. The van der Waals surface area contributed by atoms with Gasteiger partial charge in [0.1, 0.15) is 0 Å². The zero-order valence-corrected chi connectivity index (χ0v) is 8.83. The second-order valence-electron chi connectivity index (χ2n) is 4.35. The summed E-state index contributed by atoms with van der Waals surface area (Å²) in [5.41, 5.74) is 7.85. The maximum atomic E-state index is 5.94. The fourth-order valence-corrected chi connectivity index (χ4v) is 1.13. The molecule has 0 aliphatic carbocycles. The van der Waals surface area contributed by atoms with E-state index in [9.17, 15) is 0 Å². The van der Waals surface area contributed by atoms with E-state index in [1.54, 1.807) is 0 Å². The Bertz CT molecular complexity index is 267. The van der Waals surface area contributed by atoms with Gasteiger partial charge in [0.05, 0.1) is 0 Å². The van der Waals surface area contributed by atoms with E-state index >= 15 is 0 Å². The molecule has 1 aromatic rings. The summed E-state index contributed by atoms with van der Waals surface area (Å²) in [5.74, 6) is 0.481. The number of nitrogens with two attached hydrogens (primary N) is 1. The molecule has 0 radical (unpaired) electrons. The van der Waals surface area contributed by atoms with Crippen LogP contribution in [0.15, 0.2) is 18.3 Å². The van der Waals surface area contributed by atoms with Gasteiger partial charge in [-0.05, 0) is 31.4 Å². The maximum absolute atomic E-state index is 5.94. The van der Waals surface area contributed by atoms with Crippen molar-refractivity contribution >= 4 is 0 Å². The first-order valence-electron chi connectivity index (χ1n) is 4.66. The molecule has 72 valence electrons. The topological polar surface area (TPSA) is 38.9 Å². The van der Waals surface area contributed by atoms with Crippen molar-refractivity contribution in [1.82, 2.24) is 4.98 Å². The molecule has 0 aliphatic heterocycles. The summed E-state index contributed by atoms with van der Waals surface area (Å²) in [6.45, 7) is 8.24. The number of hydrogen-bond donors (Lipinski definition) is 1. The molecule has 2 nitrogen and oxygen atoms in total. The average molecular weight is 178 g/mol. The van der Waals surface area contributed by atoms with E-state index in [-0.39, 0.29) is 5.54 Å². The first-order chi connectivity index (χ1) is 5.91. The minimum Gasteiger partial charge on any atom is -0.322 e. The summed E-state index contributed by atoms with van der Waals surface area (Å²) in [4.78, 5) is 4.36. The van der Waals surface area contributed by atoms with Gasteiger partial charge in [-0.2, -0.15) is 0 Å². The zero-order valence-electron chi connectivity index (χ0n) is 8.83. The van der Waals surface area contributed by atoms with Crippen LogP contribution >= 0.6 is 0 Å². The van der Waals surface area contributed by atoms with Gasteiger partial charge in [-0.1, -0.05) is 19.9 Å². The van der Waals surface area contributed by atoms with Crippen LogP contribution in [0.3, 0.4) is 0 Å². The quantitative estimate of drug-likeness (QED) is 0.755. The lowest BCUT2D eigenvalue weighted by molar-refractivity contribution is 0.551. The molecule has 13 heavy (non-hydrogen) atoms. The van der Waals surface area contributed by atoms with Gasteiger partial charge in [0.25, 0.3) is 0 Å². The molecule has 0 atom stereocenters. The van der Waals surface area contributed by atoms with Gasteiger partial charge in [-0.25, -0.2) is 0 Å². The number of rotatable bonds is 2. The minimum atomic E-state index is -0.289. The number of nitrogens with zero attached hydrogens (tertiary/aromatic N) is 1. The van der Waals surface area contributed by atoms with E-state index in [0.29, 0.717) is 5.92 Å². The molecular weight excluding hydrogens is 160 g/mol. The van der Waals surface area contributed by atoms with Crippen molar-refractivity contribution in [3.8, 4) is 0 Å². The van der Waals surface area contributed by atoms with Crippen molar-refractivity contribution in [2.45, 2.75) is 39.2 Å². The highest BCUT2D eigenvalue weighted by Crippen LogP contribution is 2.18. The third-order valence-corrected chi connectivity index (χ3v) is 2.12. The van der Waals surface area contributed by atoms with E-state index in [1.165, 1.54) is 0 Å². The van der Waals surface area contributed by atoms with Crippen LogP contribution in [0.5, 0.6) is 0 Å². The molecule has 0 aliphatic rings. The first kappa shape index (κ1) is 10.2. The van der Waals surface area contributed by atoms with Crippen molar-refractivity contribution in [2.75, 3.05) is 0 Å². The number of aromatic nitrogens is 1. The molecule has 1 rings (SSSR count). The number of hydrogen-bond acceptors (Lipinski definition) is 2.